The van der Waals surface area contributed by atoms with Crippen molar-refractivity contribution in [3.63, 3.8) is 0 Å². The number of nitriles is 1. The number of aromatic nitrogens is 1. The Hall–Kier alpha value is -1.50. The lowest BCUT2D eigenvalue weighted by Crippen LogP contribution is -2.10. The van der Waals surface area contributed by atoms with Gasteiger partial charge in [-0.25, -0.2) is 4.98 Å². The first-order valence-corrected chi connectivity index (χ1v) is 9.95. The molecule has 2 aromatic rings. The van der Waals surface area contributed by atoms with Crippen LogP contribution in [0.2, 0.25) is 5.02 Å². The number of fused-ring (bicyclic) bond motifs is 1. The minimum atomic E-state index is 0.720. The van der Waals surface area contributed by atoms with Crippen LogP contribution in [-0.4, -0.2) is 10.7 Å². The van der Waals surface area contributed by atoms with E-state index in [9.17, 15) is 5.26 Å². The number of thioether (sulfide) groups is 1. The molecule has 24 heavy (non-hydrogen) atoms. The number of unbranched alkanes of at least 4 members (excludes halogenated alkanes) is 1. The molecule has 124 valence electrons. The maximum Gasteiger partial charge on any atom is 0.115 e. The Balaban J connectivity index is 2.14. The number of hydrogen-bond donors (Lipinski definition) is 0. The summed E-state index contributed by atoms with van der Waals surface area (Å²) in [5.74, 6) is 1.01. The van der Waals surface area contributed by atoms with Crippen LogP contribution in [0.3, 0.4) is 0 Å². The van der Waals surface area contributed by atoms with Crippen LogP contribution in [0.1, 0.15) is 49.4 Å². The highest BCUT2D eigenvalue weighted by atomic mass is 35.5. The summed E-state index contributed by atoms with van der Waals surface area (Å²) >= 11 is 7.77. The third-order valence-electron chi connectivity index (χ3n) is 4.42. The molecule has 1 aliphatic carbocycles. The van der Waals surface area contributed by atoms with E-state index >= 15 is 0 Å². The second kappa shape index (κ2) is 8.05. The Bertz CT molecular complexity index is 763. The molecule has 0 saturated carbocycles. The van der Waals surface area contributed by atoms with Gasteiger partial charge in [0, 0.05) is 16.3 Å². The summed E-state index contributed by atoms with van der Waals surface area (Å²) in [6, 6.07) is 10.3. The lowest BCUT2D eigenvalue weighted by atomic mass is 9.87. The average molecular weight is 357 g/mol. The fourth-order valence-electron chi connectivity index (χ4n) is 3.17. The van der Waals surface area contributed by atoms with Gasteiger partial charge in [0.05, 0.1) is 5.56 Å². The van der Waals surface area contributed by atoms with E-state index in [2.05, 4.69) is 13.0 Å². The zero-order valence-electron chi connectivity index (χ0n) is 13.9. The highest BCUT2D eigenvalue weighted by molar-refractivity contribution is 7.99. The van der Waals surface area contributed by atoms with E-state index in [4.69, 9.17) is 16.6 Å². The number of aryl methyl sites for hydroxylation is 1. The molecule has 0 bridgehead atoms. The summed E-state index contributed by atoms with van der Waals surface area (Å²) in [4.78, 5) is 4.87. The Kier molecular flexibility index (Phi) is 5.81. The number of hydrogen-bond acceptors (Lipinski definition) is 3. The van der Waals surface area contributed by atoms with Crippen molar-refractivity contribution < 1.29 is 0 Å². The fourth-order valence-corrected chi connectivity index (χ4v) is 4.39. The zero-order valence-corrected chi connectivity index (χ0v) is 15.5. The highest BCUT2D eigenvalue weighted by Gasteiger charge is 2.23. The van der Waals surface area contributed by atoms with Crippen molar-refractivity contribution in [1.29, 1.82) is 5.26 Å². The van der Waals surface area contributed by atoms with Crippen LogP contribution >= 0.6 is 23.4 Å². The molecule has 0 radical (unpaired) electrons. The topological polar surface area (TPSA) is 36.7 Å². The molecule has 0 N–H and O–H groups in total. The number of benzene rings is 1. The highest BCUT2D eigenvalue weighted by Crippen LogP contribution is 2.38. The van der Waals surface area contributed by atoms with Gasteiger partial charge in [-0.1, -0.05) is 37.1 Å². The second-order valence-electron chi connectivity index (χ2n) is 6.12. The summed E-state index contributed by atoms with van der Waals surface area (Å²) in [5.41, 5.74) is 5.34. The first-order valence-electron chi connectivity index (χ1n) is 8.59. The Labute approximate surface area is 153 Å². The van der Waals surface area contributed by atoms with Crippen molar-refractivity contribution in [3.8, 4) is 17.2 Å². The van der Waals surface area contributed by atoms with Crippen molar-refractivity contribution in [1.82, 2.24) is 4.98 Å². The largest absolute Gasteiger partial charge is 0.245 e. The van der Waals surface area contributed by atoms with Crippen molar-refractivity contribution in [3.05, 3.63) is 46.1 Å². The van der Waals surface area contributed by atoms with Crippen LogP contribution in [0.4, 0.5) is 0 Å². The Morgan fingerprint density at radius 3 is 2.67 bits per heavy atom. The van der Waals surface area contributed by atoms with Crippen molar-refractivity contribution in [2.24, 2.45) is 0 Å². The predicted octanol–water partition coefficient (Wildman–Crippen LogP) is 6.04. The fraction of sp³-hybridized carbons (Fsp3) is 0.400. The lowest BCUT2D eigenvalue weighted by Gasteiger charge is -2.22. The van der Waals surface area contributed by atoms with Crippen LogP contribution in [0.5, 0.6) is 0 Å². The summed E-state index contributed by atoms with van der Waals surface area (Å²) in [7, 11) is 0. The normalized spacial score (nSPS) is 13.4. The molecule has 0 amide bonds. The number of rotatable bonds is 5. The summed E-state index contributed by atoms with van der Waals surface area (Å²) in [6.45, 7) is 2.19. The molecule has 4 heteroatoms. The van der Waals surface area contributed by atoms with E-state index in [-0.39, 0.29) is 0 Å². The van der Waals surface area contributed by atoms with Crippen molar-refractivity contribution >= 4 is 23.4 Å². The van der Waals surface area contributed by atoms with Crippen LogP contribution in [0.25, 0.3) is 11.1 Å². The molecule has 0 aliphatic heterocycles. The molecule has 1 heterocycles. The van der Waals surface area contributed by atoms with Crippen LogP contribution in [-0.2, 0) is 12.8 Å². The monoisotopic (exact) mass is 356 g/mol. The number of nitrogens with zero attached hydrogens (tertiary/aromatic N) is 2. The molecule has 0 atom stereocenters. The molecule has 0 saturated heterocycles. The van der Waals surface area contributed by atoms with E-state index in [0.717, 1.165) is 58.2 Å². The van der Waals surface area contributed by atoms with Gasteiger partial charge >= 0.3 is 0 Å². The minimum absolute atomic E-state index is 0.720. The van der Waals surface area contributed by atoms with Crippen LogP contribution in [0, 0.1) is 11.3 Å². The van der Waals surface area contributed by atoms with E-state index < -0.39 is 0 Å². The molecule has 1 aliphatic rings. The van der Waals surface area contributed by atoms with E-state index in [1.165, 1.54) is 24.1 Å². The van der Waals surface area contributed by atoms with Crippen LogP contribution < -0.4 is 0 Å². The third-order valence-corrected chi connectivity index (χ3v) is 5.74. The summed E-state index contributed by atoms with van der Waals surface area (Å²) in [5, 5.41) is 11.5. The van der Waals surface area contributed by atoms with Gasteiger partial charge < -0.3 is 0 Å². The smallest absolute Gasteiger partial charge is 0.115 e. The number of halogens is 1. The molecule has 0 spiro atoms. The molecule has 3 rings (SSSR count). The third kappa shape index (κ3) is 3.61. The molecule has 1 aromatic carbocycles. The quantitative estimate of drug-likeness (QED) is 0.483. The molecule has 2 nitrogen and oxygen atoms in total. The molecule has 0 fully saturated rings. The zero-order chi connectivity index (χ0) is 16.9. The van der Waals surface area contributed by atoms with E-state index in [0.29, 0.717) is 0 Å². The van der Waals surface area contributed by atoms with Gasteiger partial charge in [-0.3, -0.25) is 0 Å². The maximum absolute atomic E-state index is 9.84. The Morgan fingerprint density at radius 1 is 1.21 bits per heavy atom. The molecule has 0 unspecified atom stereocenters. The summed E-state index contributed by atoms with van der Waals surface area (Å²) < 4.78 is 0. The molecular weight excluding hydrogens is 336 g/mol. The Morgan fingerprint density at radius 2 is 1.96 bits per heavy atom. The first-order chi connectivity index (χ1) is 11.7. The van der Waals surface area contributed by atoms with Gasteiger partial charge in [0.15, 0.2) is 0 Å². The van der Waals surface area contributed by atoms with Crippen molar-refractivity contribution in [2.45, 2.75) is 50.5 Å². The van der Waals surface area contributed by atoms with Crippen LogP contribution in [0.15, 0.2) is 29.3 Å². The van der Waals surface area contributed by atoms with Gasteiger partial charge in [-0.05, 0) is 61.1 Å². The molecule has 1 aromatic heterocycles. The predicted molar refractivity (Wildman–Crippen MR) is 102 cm³/mol. The van der Waals surface area contributed by atoms with E-state index in [1.807, 2.05) is 24.3 Å². The molecular formula is C20H21ClN2S. The lowest BCUT2D eigenvalue weighted by molar-refractivity contribution is 0.661. The average Bonchev–Trinajstić information content (AvgIpc) is 2.61. The van der Waals surface area contributed by atoms with Gasteiger partial charge in [0.1, 0.15) is 11.1 Å². The van der Waals surface area contributed by atoms with Gasteiger partial charge in [-0.15, -0.1) is 11.8 Å². The van der Waals surface area contributed by atoms with Gasteiger partial charge in [0.25, 0.3) is 0 Å². The second-order valence-corrected chi connectivity index (χ2v) is 7.64. The van der Waals surface area contributed by atoms with Gasteiger partial charge in [-0.2, -0.15) is 5.26 Å². The minimum Gasteiger partial charge on any atom is -0.245 e. The standard InChI is InChI=1S/C20H21ClN2S/c1-2-3-12-24-20-17(13-22)19(14-8-10-15(21)11-9-14)16-6-4-5-7-18(16)23-20/h8-11H,2-7,12H2,1H3. The van der Waals surface area contributed by atoms with Gasteiger partial charge in [0.2, 0.25) is 0 Å². The van der Waals surface area contributed by atoms with Crippen molar-refractivity contribution in [2.75, 3.05) is 5.75 Å². The SMILES string of the molecule is CCCCSc1nc2c(c(-c3ccc(Cl)cc3)c1C#N)CCCC2. The van der Waals surface area contributed by atoms with E-state index in [1.54, 1.807) is 11.8 Å². The maximum atomic E-state index is 9.84. The first kappa shape index (κ1) is 17.3. The summed E-state index contributed by atoms with van der Waals surface area (Å²) in [6.07, 6.45) is 6.68. The number of pyridine rings is 1.